The number of rotatable bonds is 11. The third-order valence-electron chi connectivity index (χ3n) is 29.5. The fourth-order valence-corrected chi connectivity index (χ4v) is 23.2. The molecule has 0 radical (unpaired) electrons. The molecule has 0 saturated carbocycles. The van der Waals surface area contributed by atoms with Gasteiger partial charge < -0.3 is 27.4 Å². The van der Waals surface area contributed by atoms with Crippen molar-refractivity contribution in [3.63, 3.8) is 0 Å². The normalized spacial score (nSPS) is 11.8. The van der Waals surface area contributed by atoms with Crippen LogP contribution in [-0.2, 0) is 0 Å². The molecule has 30 aromatic rings. The van der Waals surface area contributed by atoms with Gasteiger partial charge in [-0.1, -0.05) is 370 Å². The first-order chi connectivity index (χ1) is 70.5. The molecule has 6 heterocycles. The molecule has 6 heteroatoms. The Hall–Kier alpha value is -18.9. The second-order valence-corrected chi connectivity index (χ2v) is 37.3. The number of hydrogen-bond acceptors (Lipinski definition) is 0. The van der Waals surface area contributed by atoms with Crippen molar-refractivity contribution in [1.82, 2.24) is 27.4 Å². The molecule has 0 spiro atoms. The molecule has 0 aliphatic rings. The van der Waals surface area contributed by atoms with Gasteiger partial charge in [0.15, 0.2) is 0 Å². The van der Waals surface area contributed by atoms with Gasteiger partial charge in [-0.25, -0.2) is 0 Å². The third-order valence-corrected chi connectivity index (χ3v) is 29.5. The topological polar surface area (TPSA) is 29.6 Å². The van der Waals surface area contributed by atoms with E-state index in [-0.39, 0.29) is 0 Å². The first-order valence-corrected chi connectivity index (χ1v) is 48.9. The number of fused-ring (bicyclic) bond motifs is 25. The molecule has 24 aromatic carbocycles. The first kappa shape index (κ1) is 81.5. The Morgan fingerprint density at radius 3 is 0.669 bits per heavy atom. The average Bonchev–Trinajstić information content (AvgIpc) is 1.61. The molecule has 0 N–H and O–H groups in total. The van der Waals surface area contributed by atoms with Gasteiger partial charge >= 0.3 is 0 Å². The molecule has 0 bridgehead atoms. The van der Waals surface area contributed by atoms with Crippen LogP contribution >= 0.6 is 0 Å². The Balaban J connectivity index is 0.000000105. The van der Waals surface area contributed by atoms with Gasteiger partial charge in [0.1, 0.15) is 0 Å². The molecule has 142 heavy (non-hydrogen) atoms. The highest BCUT2D eigenvalue weighted by Crippen LogP contribution is 2.47. The highest BCUT2D eigenvalue weighted by Gasteiger charge is 2.25. The Morgan fingerprint density at radius 2 is 0.324 bits per heavy atom. The minimum absolute atomic E-state index is 1.17. The molecular weight excluding hydrogens is 1720 g/mol. The van der Waals surface area contributed by atoms with E-state index in [1.54, 1.807) is 0 Å². The summed E-state index contributed by atoms with van der Waals surface area (Å²) in [6, 6.07) is 194. The number of para-hydroxylation sites is 10. The second kappa shape index (κ2) is 33.5. The minimum atomic E-state index is 1.17. The summed E-state index contributed by atoms with van der Waals surface area (Å²) in [5.74, 6) is 0. The van der Waals surface area contributed by atoms with Gasteiger partial charge in [-0.15, -0.1) is 0 Å². The zero-order chi connectivity index (χ0) is 93.4. The number of benzene rings is 24. The molecule has 662 valence electrons. The van der Waals surface area contributed by atoms with Crippen molar-refractivity contribution in [1.29, 1.82) is 0 Å². The summed E-state index contributed by atoms with van der Waals surface area (Å²) in [4.78, 5) is 0. The van der Waals surface area contributed by atoms with Crippen LogP contribution < -0.4 is 0 Å². The highest BCUT2D eigenvalue weighted by atomic mass is 15.0. The molecule has 6 aromatic heterocycles. The SMILES string of the molecule is c1ccc(-c2ccccc2-n2c3ccccc3c3cc(-c4ccc5c(c4)c4ccccc4n5-c4ccccc4-c4ccccc4)ccc32)cc1.c1ccc(-n2c3ccccc3c3cc(-c4ccc5c(c4)c4ccccc4n5-c4ccc5c6ccccc6c6ccccc6c5c4)ccc32)cc1.c1ccc(-n2c3ccccc3c3cc(-c4ccc5c(c4)c4ccccc4n5-c4cccc5ccccc45)ccc32)cc1. The van der Waals surface area contributed by atoms with Crippen molar-refractivity contribution >= 4 is 174 Å². The van der Waals surface area contributed by atoms with Crippen LogP contribution in [0, 0.1) is 0 Å². The molecule has 6 nitrogen and oxygen atoms in total. The Labute approximate surface area is 819 Å². The van der Waals surface area contributed by atoms with E-state index < -0.39 is 0 Å². The molecule has 0 fully saturated rings. The van der Waals surface area contributed by atoms with Crippen LogP contribution in [0.4, 0.5) is 0 Å². The lowest BCUT2D eigenvalue weighted by atomic mass is 9.94. The van der Waals surface area contributed by atoms with E-state index in [2.05, 4.69) is 561 Å². The average molecular weight is 1810 g/mol. The molecule has 0 aliphatic heterocycles. The maximum absolute atomic E-state index is 2.44. The highest BCUT2D eigenvalue weighted by molar-refractivity contribution is 6.26. The first-order valence-electron chi connectivity index (χ1n) is 48.9. The summed E-state index contributed by atoms with van der Waals surface area (Å²) in [6.07, 6.45) is 0. The second-order valence-electron chi connectivity index (χ2n) is 37.3. The standard InChI is InChI=1S/C48H30N2.C48H32N2.C40H26N2/c1-2-12-33(13-3-1)49-45-20-10-8-18-40(45)43-28-31(22-26-47(43)49)32-23-27-48-44(29-32)41-19-9-11-21-46(41)50(48)34-24-25-39-37-16-5-4-14-35(37)36-15-6-7-17-38(36)42(39)30-34;1-3-15-33(16-4-1)37-19-7-11-23-43(37)49-45-25-13-9-21-39(45)41-31-35(27-29-47(41)49)36-28-30-48-42(32-36)40-22-10-14-26-46(40)50(48)44-24-12-8-20-38(44)34-17-5-2-6-18-34;1-2-13-30(14-3-1)41-37-18-8-6-16-32(37)34-25-28(21-23-39(34)41)29-22-24-40-35(26-29)33-17-7-9-19-38(33)42(40)36-20-10-12-27-11-4-5-15-31(27)36/h1-30H;1-32H;1-26H. The van der Waals surface area contributed by atoms with Crippen LogP contribution in [0.25, 0.3) is 264 Å². The van der Waals surface area contributed by atoms with Crippen LogP contribution in [0.5, 0.6) is 0 Å². The van der Waals surface area contributed by atoms with E-state index in [4.69, 9.17) is 0 Å². The van der Waals surface area contributed by atoms with Crippen LogP contribution in [-0.4, -0.2) is 27.4 Å². The van der Waals surface area contributed by atoms with Crippen molar-refractivity contribution < 1.29 is 0 Å². The Bertz CT molecular complexity index is 10100. The van der Waals surface area contributed by atoms with Gasteiger partial charge in [0, 0.05) is 98.2 Å². The summed E-state index contributed by atoms with van der Waals surface area (Å²) in [6.45, 7) is 0. The smallest absolute Gasteiger partial charge is 0.0541 e. The van der Waals surface area contributed by atoms with E-state index in [9.17, 15) is 0 Å². The van der Waals surface area contributed by atoms with E-state index in [0.717, 1.165) is 0 Å². The van der Waals surface area contributed by atoms with E-state index >= 15 is 0 Å². The summed E-state index contributed by atoms with van der Waals surface area (Å²) in [5, 5.41) is 25.4. The Kier molecular flexibility index (Phi) is 19.2. The van der Waals surface area contributed by atoms with Crippen LogP contribution in [0.3, 0.4) is 0 Å². The zero-order valence-corrected chi connectivity index (χ0v) is 77.5. The predicted molar refractivity (Wildman–Crippen MR) is 603 cm³/mol. The van der Waals surface area contributed by atoms with E-state index in [0.29, 0.717) is 0 Å². The maximum Gasteiger partial charge on any atom is 0.0541 e. The molecular formula is C136H88N6. The maximum atomic E-state index is 2.44. The minimum Gasteiger partial charge on any atom is -0.309 e. The van der Waals surface area contributed by atoms with Crippen LogP contribution in [0.15, 0.2) is 534 Å². The zero-order valence-electron chi connectivity index (χ0n) is 77.5. The largest absolute Gasteiger partial charge is 0.309 e. The summed E-state index contributed by atoms with van der Waals surface area (Å²) >= 11 is 0. The van der Waals surface area contributed by atoms with Gasteiger partial charge in [-0.3, -0.25) is 0 Å². The fraction of sp³-hybridized carbons (Fsp3) is 0. The third kappa shape index (κ3) is 13.3. The molecule has 0 amide bonds. The van der Waals surface area contributed by atoms with Crippen molar-refractivity contribution in [2.75, 3.05) is 0 Å². The lowest BCUT2D eigenvalue weighted by Crippen LogP contribution is -1.97. The summed E-state index contributed by atoms with van der Waals surface area (Å²) in [7, 11) is 0. The number of nitrogens with zero attached hydrogens (tertiary/aromatic N) is 6. The van der Waals surface area contributed by atoms with Crippen molar-refractivity contribution in [2.45, 2.75) is 0 Å². The van der Waals surface area contributed by atoms with E-state index in [1.807, 2.05) is 0 Å². The van der Waals surface area contributed by atoms with Gasteiger partial charge in [-0.2, -0.15) is 0 Å². The van der Waals surface area contributed by atoms with Crippen molar-refractivity contribution in [3.8, 4) is 89.8 Å². The van der Waals surface area contributed by atoms with Crippen molar-refractivity contribution in [3.05, 3.63) is 534 Å². The molecule has 0 unspecified atom stereocenters. The molecule has 0 aliphatic carbocycles. The lowest BCUT2D eigenvalue weighted by Gasteiger charge is -2.14. The van der Waals surface area contributed by atoms with Gasteiger partial charge in [0.2, 0.25) is 0 Å². The molecule has 0 atom stereocenters. The number of hydrogen-bond donors (Lipinski definition) is 0. The Morgan fingerprint density at radius 1 is 0.0986 bits per heavy atom. The molecule has 30 rings (SSSR count). The van der Waals surface area contributed by atoms with Crippen molar-refractivity contribution in [2.24, 2.45) is 0 Å². The predicted octanol–water partition coefficient (Wildman–Crippen LogP) is 36.6. The van der Waals surface area contributed by atoms with Crippen LogP contribution in [0.1, 0.15) is 0 Å². The summed E-state index contributed by atoms with van der Waals surface area (Å²) in [5.41, 5.74) is 33.8. The van der Waals surface area contributed by atoms with Crippen LogP contribution in [0.2, 0.25) is 0 Å². The van der Waals surface area contributed by atoms with E-state index in [1.165, 1.54) is 264 Å². The fourth-order valence-electron chi connectivity index (χ4n) is 23.2. The van der Waals surface area contributed by atoms with Gasteiger partial charge in [0.25, 0.3) is 0 Å². The number of aromatic nitrogens is 6. The quantitative estimate of drug-likeness (QED) is 0.116. The lowest BCUT2D eigenvalue weighted by molar-refractivity contribution is 1.18. The van der Waals surface area contributed by atoms with Gasteiger partial charge in [-0.05, 0) is 246 Å². The summed E-state index contributed by atoms with van der Waals surface area (Å²) < 4.78 is 14.5. The molecule has 0 saturated heterocycles. The monoisotopic (exact) mass is 1800 g/mol. The van der Waals surface area contributed by atoms with Gasteiger partial charge in [0.05, 0.1) is 83.3 Å².